The first-order valence-electron chi connectivity index (χ1n) is 8.49. The fourth-order valence-electron chi connectivity index (χ4n) is 2.04. The number of benzene rings is 1. The zero-order valence-electron chi connectivity index (χ0n) is 16.7. The smallest absolute Gasteiger partial charge is 0.485 e. The molecule has 0 radical (unpaired) electrons. The molecule has 0 amide bonds. The molecule has 0 unspecified atom stereocenters. The van der Waals surface area contributed by atoms with E-state index in [1.54, 1.807) is 0 Å². The van der Waals surface area contributed by atoms with Gasteiger partial charge in [0.25, 0.3) is 0 Å². The minimum atomic E-state index is -6.09. The monoisotopic (exact) mass is 418 g/mol. The van der Waals surface area contributed by atoms with E-state index in [1.165, 1.54) is 11.1 Å². The summed E-state index contributed by atoms with van der Waals surface area (Å²) in [5.41, 5.74) is -3.17. The Kier molecular flexibility index (Phi) is 7.07. The van der Waals surface area contributed by atoms with E-state index in [-0.39, 0.29) is 10.8 Å². The van der Waals surface area contributed by atoms with Gasteiger partial charge in [0.2, 0.25) is 0 Å². The van der Waals surface area contributed by atoms with Crippen molar-refractivity contribution in [3.05, 3.63) is 54.0 Å². The summed E-state index contributed by atoms with van der Waals surface area (Å²) in [6.07, 6.45) is 0. The Bertz CT molecular complexity index is 860. The molecule has 28 heavy (non-hydrogen) atoms. The Morgan fingerprint density at radius 1 is 0.786 bits per heavy atom. The molecule has 1 heterocycles. The van der Waals surface area contributed by atoms with E-state index >= 15 is 0 Å². The standard InChI is InChI=1S/C19H25O.CHF3O3S/c1-18(2,3)16-12-15(14-10-8-7-9-11-14)13-17(20-16)19(4,5)6;2-1(3,4)8(5,6)7/h7-13H,1-6H3;(H,5,6,7)/q+1;/p-1. The van der Waals surface area contributed by atoms with Crippen molar-refractivity contribution in [3.8, 4) is 11.1 Å². The molecule has 0 aliphatic heterocycles. The zero-order valence-corrected chi connectivity index (χ0v) is 17.5. The van der Waals surface area contributed by atoms with Gasteiger partial charge in [0.15, 0.2) is 10.1 Å². The fourth-order valence-corrected chi connectivity index (χ4v) is 2.04. The molecule has 0 N–H and O–H groups in total. The zero-order chi connectivity index (χ0) is 22.0. The molecule has 0 aliphatic carbocycles. The largest absolute Gasteiger partial charge is 0.741 e. The summed E-state index contributed by atoms with van der Waals surface area (Å²) in [5, 5.41) is 0. The summed E-state index contributed by atoms with van der Waals surface area (Å²) in [5.74, 6) is 2.06. The minimum Gasteiger partial charge on any atom is -0.741 e. The van der Waals surface area contributed by atoms with Crippen LogP contribution in [0.15, 0.2) is 46.9 Å². The van der Waals surface area contributed by atoms with Crippen LogP contribution in [0.2, 0.25) is 0 Å². The Morgan fingerprint density at radius 2 is 1.14 bits per heavy atom. The summed E-state index contributed by atoms with van der Waals surface area (Å²) in [4.78, 5) is 0. The van der Waals surface area contributed by atoms with Crippen molar-refractivity contribution in [1.29, 1.82) is 0 Å². The molecule has 0 fully saturated rings. The van der Waals surface area contributed by atoms with E-state index in [1.807, 2.05) is 6.07 Å². The highest BCUT2D eigenvalue weighted by atomic mass is 32.2. The molecule has 0 saturated heterocycles. The third kappa shape index (κ3) is 6.91. The van der Waals surface area contributed by atoms with E-state index in [9.17, 15) is 13.2 Å². The first kappa shape index (κ1) is 24.1. The SMILES string of the molecule is CC(C)(C)c1cc(-c2ccccc2)cc(C(C)(C)C)[o+]1.O=S(=O)([O-])C(F)(F)F. The topological polar surface area (TPSA) is 68.5 Å². The second kappa shape index (κ2) is 8.21. The molecular weight excluding hydrogens is 393 g/mol. The molecule has 8 heteroatoms. The van der Waals surface area contributed by atoms with Gasteiger partial charge in [-0.1, -0.05) is 30.3 Å². The first-order chi connectivity index (χ1) is 12.4. The number of hydrogen-bond donors (Lipinski definition) is 0. The molecule has 2 rings (SSSR count). The van der Waals surface area contributed by atoms with Gasteiger partial charge >= 0.3 is 17.0 Å². The quantitative estimate of drug-likeness (QED) is 0.330. The van der Waals surface area contributed by atoms with Crippen molar-refractivity contribution >= 4 is 10.1 Å². The number of hydrogen-bond acceptors (Lipinski definition) is 3. The van der Waals surface area contributed by atoms with Crippen molar-refractivity contribution in [1.82, 2.24) is 0 Å². The molecular formula is C20H25F3O4S. The van der Waals surface area contributed by atoms with Gasteiger partial charge in [-0.05, 0) is 52.7 Å². The predicted octanol–water partition coefficient (Wildman–Crippen LogP) is 5.87. The second-order valence-corrected chi connectivity index (χ2v) is 9.71. The molecule has 0 spiro atoms. The van der Waals surface area contributed by atoms with Crippen LogP contribution in [0.4, 0.5) is 13.2 Å². The van der Waals surface area contributed by atoms with Crippen molar-refractivity contribution in [3.63, 3.8) is 0 Å². The van der Waals surface area contributed by atoms with Crippen molar-refractivity contribution in [2.75, 3.05) is 0 Å². The molecule has 1 aromatic carbocycles. The summed E-state index contributed by atoms with van der Waals surface area (Å²) in [7, 11) is -6.09. The van der Waals surface area contributed by atoms with Gasteiger partial charge in [-0.15, -0.1) is 0 Å². The average Bonchev–Trinajstić information content (AvgIpc) is 2.52. The lowest BCUT2D eigenvalue weighted by Gasteiger charge is -2.15. The van der Waals surface area contributed by atoms with E-state index < -0.39 is 15.6 Å². The normalized spacial score (nSPS) is 12.9. The van der Waals surface area contributed by atoms with Crippen molar-refractivity contribution in [2.45, 2.75) is 57.9 Å². The second-order valence-electron chi connectivity index (χ2n) is 8.34. The molecule has 156 valence electrons. The fraction of sp³-hybridized carbons (Fsp3) is 0.450. The van der Waals surface area contributed by atoms with E-state index in [0.29, 0.717) is 0 Å². The van der Waals surface area contributed by atoms with E-state index in [0.717, 1.165) is 11.5 Å². The predicted molar refractivity (Wildman–Crippen MR) is 102 cm³/mol. The van der Waals surface area contributed by atoms with Gasteiger partial charge in [-0.2, -0.15) is 13.2 Å². The van der Waals surface area contributed by atoms with E-state index in [2.05, 4.69) is 77.9 Å². The van der Waals surface area contributed by atoms with Gasteiger partial charge in [-0.3, -0.25) is 0 Å². The van der Waals surface area contributed by atoms with Crippen LogP contribution in [0.5, 0.6) is 0 Å². The van der Waals surface area contributed by atoms with Crippen LogP contribution >= 0.6 is 0 Å². The molecule has 4 nitrogen and oxygen atoms in total. The number of halogens is 3. The lowest BCUT2D eigenvalue weighted by Crippen LogP contribution is -2.21. The molecule has 0 aliphatic rings. The van der Waals surface area contributed by atoms with Crippen LogP contribution < -0.4 is 0 Å². The third-order valence-electron chi connectivity index (χ3n) is 3.66. The van der Waals surface area contributed by atoms with Gasteiger partial charge in [0, 0.05) is 12.1 Å². The van der Waals surface area contributed by atoms with E-state index in [4.69, 9.17) is 17.4 Å². The maximum atomic E-state index is 10.7. The van der Waals surface area contributed by atoms with Crippen molar-refractivity contribution in [2.24, 2.45) is 0 Å². The van der Waals surface area contributed by atoms with Crippen LogP contribution in [-0.2, 0) is 20.9 Å². The minimum absolute atomic E-state index is 0.00475. The third-order valence-corrected chi connectivity index (χ3v) is 4.23. The maximum absolute atomic E-state index is 10.7. The summed E-state index contributed by atoms with van der Waals surface area (Å²) < 4.78 is 65.1. The van der Waals surface area contributed by atoms with Crippen LogP contribution in [0.25, 0.3) is 11.1 Å². The number of alkyl halides is 3. The molecule has 2 aromatic rings. The van der Waals surface area contributed by atoms with Gasteiger partial charge in [-0.25, -0.2) is 12.8 Å². The van der Waals surface area contributed by atoms with Crippen LogP contribution in [-0.4, -0.2) is 18.5 Å². The summed E-state index contributed by atoms with van der Waals surface area (Å²) in [6, 6.07) is 14.8. The molecule has 0 bridgehead atoms. The molecule has 1 aromatic heterocycles. The van der Waals surface area contributed by atoms with Gasteiger partial charge < -0.3 is 4.55 Å². The lowest BCUT2D eigenvalue weighted by atomic mass is 9.87. The lowest BCUT2D eigenvalue weighted by molar-refractivity contribution is -0.0517. The Morgan fingerprint density at radius 3 is 1.43 bits per heavy atom. The average molecular weight is 418 g/mol. The molecule has 0 atom stereocenters. The number of rotatable bonds is 1. The Balaban J connectivity index is 0.000000416. The molecule has 0 saturated carbocycles. The Hall–Kier alpha value is -1.93. The van der Waals surface area contributed by atoms with Crippen LogP contribution in [0.1, 0.15) is 53.1 Å². The van der Waals surface area contributed by atoms with Crippen LogP contribution in [0, 0.1) is 0 Å². The highest BCUT2D eigenvalue weighted by molar-refractivity contribution is 7.86. The van der Waals surface area contributed by atoms with Crippen molar-refractivity contribution < 1.29 is 30.6 Å². The summed E-state index contributed by atoms with van der Waals surface area (Å²) >= 11 is 0. The Labute approximate surface area is 164 Å². The maximum Gasteiger partial charge on any atom is 0.485 e. The highest BCUT2D eigenvalue weighted by Gasteiger charge is 2.37. The van der Waals surface area contributed by atoms with Crippen LogP contribution in [0.3, 0.4) is 0 Å². The highest BCUT2D eigenvalue weighted by Crippen LogP contribution is 2.33. The summed E-state index contributed by atoms with van der Waals surface area (Å²) in [6.45, 7) is 13.1. The van der Waals surface area contributed by atoms with Gasteiger partial charge in [0.1, 0.15) is 0 Å². The first-order valence-corrected chi connectivity index (χ1v) is 9.90. The van der Waals surface area contributed by atoms with Gasteiger partial charge in [0.05, 0.1) is 10.8 Å².